The van der Waals surface area contributed by atoms with Crippen molar-refractivity contribution in [2.75, 3.05) is 40.4 Å². The summed E-state index contributed by atoms with van der Waals surface area (Å²) in [4.78, 5) is 30.5. The fraction of sp³-hybridized carbons (Fsp3) is 0.226. The number of hydrogen-bond donors (Lipinski definition) is 0. The molecular weight excluding hydrogens is 478 g/mol. The molecule has 0 atom stereocenters. The number of piperazine rings is 1. The van der Waals surface area contributed by atoms with Crippen LogP contribution < -0.4 is 9.47 Å². The molecule has 1 aliphatic heterocycles. The summed E-state index contributed by atoms with van der Waals surface area (Å²) in [6.07, 6.45) is 0. The number of amides is 2. The quantitative estimate of drug-likeness (QED) is 0.364. The molecular formula is C31H31N3O4. The maximum atomic E-state index is 13.8. The lowest BCUT2D eigenvalue weighted by Crippen LogP contribution is -2.50. The van der Waals surface area contributed by atoms with Gasteiger partial charge in [-0.05, 0) is 42.8 Å². The molecule has 7 nitrogen and oxygen atoms in total. The highest BCUT2D eigenvalue weighted by atomic mass is 16.5. The first-order chi connectivity index (χ1) is 18.5. The zero-order valence-electron chi connectivity index (χ0n) is 21.9. The molecule has 2 heterocycles. The largest absolute Gasteiger partial charge is 0.497 e. The highest BCUT2D eigenvalue weighted by Crippen LogP contribution is 2.32. The van der Waals surface area contributed by atoms with Crippen molar-refractivity contribution in [1.82, 2.24) is 14.4 Å². The molecule has 1 saturated heterocycles. The van der Waals surface area contributed by atoms with Crippen molar-refractivity contribution in [3.05, 3.63) is 102 Å². The van der Waals surface area contributed by atoms with E-state index < -0.39 is 0 Å². The van der Waals surface area contributed by atoms with Gasteiger partial charge in [0.05, 0.1) is 31.0 Å². The Kier molecular flexibility index (Phi) is 7.18. The molecule has 194 valence electrons. The number of benzene rings is 3. The minimum absolute atomic E-state index is 0.0364. The molecule has 3 aromatic carbocycles. The van der Waals surface area contributed by atoms with Crippen molar-refractivity contribution in [3.63, 3.8) is 0 Å². The Morgan fingerprint density at radius 3 is 1.97 bits per heavy atom. The summed E-state index contributed by atoms with van der Waals surface area (Å²) in [6, 6.07) is 27.1. The highest BCUT2D eigenvalue weighted by molar-refractivity contribution is 5.99. The number of para-hydroxylation sites is 1. The number of aromatic nitrogens is 1. The van der Waals surface area contributed by atoms with Crippen molar-refractivity contribution in [1.29, 1.82) is 0 Å². The second-order valence-electron chi connectivity index (χ2n) is 9.22. The summed E-state index contributed by atoms with van der Waals surface area (Å²) in [7, 11) is 3.21. The van der Waals surface area contributed by atoms with E-state index in [4.69, 9.17) is 9.47 Å². The number of hydrogen-bond acceptors (Lipinski definition) is 4. The van der Waals surface area contributed by atoms with Crippen LogP contribution in [0.4, 0.5) is 0 Å². The topological polar surface area (TPSA) is 64.0 Å². The monoisotopic (exact) mass is 509 g/mol. The molecule has 0 bridgehead atoms. The maximum Gasteiger partial charge on any atom is 0.257 e. The van der Waals surface area contributed by atoms with Crippen LogP contribution in [0.1, 0.15) is 26.4 Å². The van der Waals surface area contributed by atoms with Gasteiger partial charge in [0.25, 0.3) is 11.8 Å². The first kappa shape index (κ1) is 25.1. The summed E-state index contributed by atoms with van der Waals surface area (Å²) < 4.78 is 12.9. The van der Waals surface area contributed by atoms with Crippen LogP contribution in [0.25, 0.3) is 16.9 Å². The van der Waals surface area contributed by atoms with Crippen molar-refractivity contribution >= 4 is 11.8 Å². The lowest BCUT2D eigenvalue weighted by molar-refractivity contribution is 0.0533. The van der Waals surface area contributed by atoms with Crippen LogP contribution in [0.5, 0.6) is 11.5 Å². The van der Waals surface area contributed by atoms with E-state index in [1.807, 2.05) is 84.6 Å². The third-order valence-corrected chi connectivity index (χ3v) is 7.05. The molecule has 7 heteroatoms. The number of carbonyl (C=O) groups excluding carboxylic acids is 2. The number of methoxy groups -OCH3 is 2. The molecule has 0 aliphatic carbocycles. The Morgan fingerprint density at radius 2 is 1.32 bits per heavy atom. The molecule has 2 amide bonds. The number of carbonyl (C=O) groups is 2. The molecule has 1 aliphatic rings. The first-order valence-corrected chi connectivity index (χ1v) is 12.7. The van der Waals surface area contributed by atoms with Crippen molar-refractivity contribution in [2.45, 2.75) is 6.92 Å². The van der Waals surface area contributed by atoms with Crippen molar-refractivity contribution in [3.8, 4) is 28.4 Å². The van der Waals surface area contributed by atoms with Crippen LogP contribution in [-0.2, 0) is 0 Å². The number of ether oxygens (including phenoxy) is 2. The second-order valence-corrected chi connectivity index (χ2v) is 9.22. The Balaban J connectivity index is 1.41. The standard InChI is InChI=1S/C31H31N3O4/c1-22-27(21-28(23-10-5-4-6-11-23)34(22)24-12-9-13-25(20-24)37-2)31(36)33-18-16-32(17-19-33)30(35)26-14-7-8-15-29(26)38-3/h4-15,20-21H,16-19H2,1-3H3. The van der Waals surface area contributed by atoms with Gasteiger partial charge in [-0.3, -0.25) is 9.59 Å². The van der Waals surface area contributed by atoms with Gasteiger partial charge in [0, 0.05) is 43.6 Å². The molecule has 1 aromatic heterocycles. The maximum absolute atomic E-state index is 13.8. The lowest BCUT2D eigenvalue weighted by atomic mass is 10.1. The van der Waals surface area contributed by atoms with Gasteiger partial charge in [0.2, 0.25) is 0 Å². The normalized spacial score (nSPS) is 13.3. The summed E-state index contributed by atoms with van der Waals surface area (Å²) >= 11 is 0. The van der Waals surface area contributed by atoms with Crippen LogP contribution in [0.3, 0.4) is 0 Å². The second kappa shape index (κ2) is 10.8. The van der Waals surface area contributed by atoms with E-state index in [0.717, 1.165) is 28.4 Å². The molecule has 5 rings (SSSR count). The zero-order valence-corrected chi connectivity index (χ0v) is 21.9. The molecule has 0 radical (unpaired) electrons. The summed E-state index contributed by atoms with van der Waals surface area (Å²) in [5, 5.41) is 0. The summed E-state index contributed by atoms with van der Waals surface area (Å²) in [5.74, 6) is 1.18. The predicted octanol–water partition coefficient (Wildman–Crippen LogP) is 5.07. The van der Waals surface area contributed by atoms with Gasteiger partial charge in [0.1, 0.15) is 11.5 Å². The Morgan fingerprint density at radius 1 is 0.684 bits per heavy atom. The molecule has 0 unspecified atom stereocenters. The zero-order chi connectivity index (χ0) is 26.6. The minimum Gasteiger partial charge on any atom is -0.497 e. The van der Waals surface area contributed by atoms with E-state index in [9.17, 15) is 9.59 Å². The molecule has 0 saturated carbocycles. The Labute approximate surface area is 222 Å². The third-order valence-electron chi connectivity index (χ3n) is 7.05. The first-order valence-electron chi connectivity index (χ1n) is 12.7. The minimum atomic E-state index is -0.0822. The highest BCUT2D eigenvalue weighted by Gasteiger charge is 2.29. The summed E-state index contributed by atoms with van der Waals surface area (Å²) in [5.41, 5.74) is 4.92. The molecule has 1 fully saturated rings. The van der Waals surface area contributed by atoms with E-state index in [1.165, 1.54) is 0 Å². The fourth-order valence-electron chi connectivity index (χ4n) is 5.00. The van der Waals surface area contributed by atoms with Gasteiger partial charge in [0.15, 0.2) is 0 Å². The van der Waals surface area contributed by atoms with E-state index in [2.05, 4.69) is 4.57 Å². The molecule has 0 N–H and O–H groups in total. The third kappa shape index (κ3) is 4.75. The Bertz CT molecular complexity index is 1450. The molecule has 4 aromatic rings. The van der Waals surface area contributed by atoms with Crippen molar-refractivity contribution in [2.24, 2.45) is 0 Å². The van der Waals surface area contributed by atoms with Gasteiger partial charge in [-0.25, -0.2) is 0 Å². The predicted molar refractivity (Wildman–Crippen MR) is 147 cm³/mol. The van der Waals surface area contributed by atoms with Gasteiger partial charge >= 0.3 is 0 Å². The number of rotatable bonds is 6. The van der Waals surface area contributed by atoms with Gasteiger partial charge in [-0.2, -0.15) is 0 Å². The fourth-order valence-corrected chi connectivity index (χ4v) is 5.00. The van der Waals surface area contributed by atoms with Crippen molar-refractivity contribution < 1.29 is 19.1 Å². The summed E-state index contributed by atoms with van der Waals surface area (Å²) in [6.45, 7) is 3.82. The lowest BCUT2D eigenvalue weighted by Gasteiger charge is -2.35. The number of nitrogens with zero attached hydrogens (tertiary/aromatic N) is 3. The smallest absolute Gasteiger partial charge is 0.257 e. The van der Waals surface area contributed by atoms with E-state index in [-0.39, 0.29) is 11.8 Å². The van der Waals surface area contributed by atoms with Crippen LogP contribution in [0.2, 0.25) is 0 Å². The molecule has 0 spiro atoms. The van der Waals surface area contributed by atoms with Crippen LogP contribution in [-0.4, -0.2) is 66.6 Å². The average Bonchev–Trinajstić information content (AvgIpc) is 3.33. The molecule has 38 heavy (non-hydrogen) atoms. The van der Waals surface area contributed by atoms with E-state index in [1.54, 1.807) is 31.3 Å². The van der Waals surface area contributed by atoms with Gasteiger partial charge in [-0.1, -0.05) is 48.5 Å². The van der Waals surface area contributed by atoms with Crippen LogP contribution >= 0.6 is 0 Å². The Hall–Kier alpha value is -4.52. The SMILES string of the molecule is COc1cccc(-n2c(-c3ccccc3)cc(C(=O)N3CCN(C(=O)c4ccccc4OC)CC3)c2C)c1. The van der Waals surface area contributed by atoms with E-state index in [0.29, 0.717) is 43.1 Å². The van der Waals surface area contributed by atoms with Crippen LogP contribution in [0.15, 0.2) is 84.9 Å². The average molecular weight is 510 g/mol. The van der Waals surface area contributed by atoms with E-state index >= 15 is 0 Å². The van der Waals surface area contributed by atoms with Gasteiger partial charge < -0.3 is 23.8 Å². The van der Waals surface area contributed by atoms with Crippen LogP contribution in [0, 0.1) is 6.92 Å². The van der Waals surface area contributed by atoms with Gasteiger partial charge in [-0.15, -0.1) is 0 Å².